The molecule has 0 fully saturated rings. The average molecular weight is 270 g/mol. The van der Waals surface area contributed by atoms with E-state index in [4.69, 9.17) is 0 Å². The molecule has 1 aliphatic carbocycles. The van der Waals surface area contributed by atoms with Crippen LogP contribution in [0.5, 0.6) is 0 Å². The molecule has 0 saturated heterocycles. The van der Waals surface area contributed by atoms with Crippen molar-refractivity contribution in [2.75, 3.05) is 26.2 Å². The van der Waals surface area contributed by atoms with Crippen LogP contribution in [0.2, 0.25) is 0 Å². The number of hydrogen-bond acceptors (Lipinski definition) is 4. The number of hydroxylamine groups is 2. The summed E-state index contributed by atoms with van der Waals surface area (Å²) in [6.07, 6.45) is 9.75. The van der Waals surface area contributed by atoms with Gasteiger partial charge in [0.15, 0.2) is 0 Å². The molecule has 2 N–H and O–H groups in total. The number of rotatable bonds is 5. The van der Waals surface area contributed by atoms with Crippen molar-refractivity contribution in [3.8, 4) is 0 Å². The Morgan fingerprint density at radius 2 is 2.17 bits per heavy atom. The zero-order valence-electron chi connectivity index (χ0n) is 10.7. The Labute approximate surface area is 107 Å². The van der Waals surface area contributed by atoms with Crippen LogP contribution in [0.25, 0.3) is 0 Å². The van der Waals surface area contributed by atoms with Crippen molar-refractivity contribution in [3.63, 3.8) is 0 Å². The molecule has 0 aromatic rings. The fourth-order valence-corrected chi connectivity index (χ4v) is 2.04. The number of amides is 1. The Balaban J connectivity index is 2.46. The van der Waals surface area contributed by atoms with Gasteiger partial charge in [-0.2, -0.15) is 5.06 Å². The summed E-state index contributed by atoms with van der Waals surface area (Å²) in [4.78, 5) is 11.7. The van der Waals surface area contributed by atoms with E-state index in [0.29, 0.717) is 17.2 Å². The van der Waals surface area contributed by atoms with Gasteiger partial charge in [0.25, 0.3) is 5.91 Å². The molecule has 0 saturated carbocycles. The van der Waals surface area contributed by atoms with Crippen molar-refractivity contribution in [2.45, 2.75) is 6.42 Å². The van der Waals surface area contributed by atoms with Gasteiger partial charge >= 0.3 is 0 Å². The lowest BCUT2D eigenvalue weighted by atomic mass is 10.3. The fourth-order valence-electron chi connectivity index (χ4n) is 1.39. The third-order valence-corrected chi connectivity index (χ3v) is 3.24. The van der Waals surface area contributed by atoms with E-state index in [-0.39, 0.29) is 12.8 Å². The van der Waals surface area contributed by atoms with Crippen LogP contribution in [0, 0.1) is 0 Å². The zero-order valence-corrected chi connectivity index (χ0v) is 11.6. The molecule has 0 unspecified atom stereocenters. The Morgan fingerprint density at radius 1 is 1.44 bits per heavy atom. The first kappa shape index (κ1) is 14.9. The summed E-state index contributed by atoms with van der Waals surface area (Å²) in [5.74, 6) is -0.460. The molecule has 1 rings (SSSR count). The smallest absolute Gasteiger partial charge is 0.264 e. The number of allylic oxidation sites excluding steroid dienone is 5. The van der Waals surface area contributed by atoms with Crippen molar-refractivity contribution in [3.05, 3.63) is 36.1 Å². The summed E-state index contributed by atoms with van der Waals surface area (Å²) < 4.78 is 11.4. The van der Waals surface area contributed by atoms with E-state index in [0.717, 1.165) is 0 Å². The maximum Gasteiger partial charge on any atom is 0.264 e. The summed E-state index contributed by atoms with van der Waals surface area (Å²) in [6, 6.07) is 0. The van der Waals surface area contributed by atoms with E-state index in [2.05, 4.69) is 5.32 Å². The first-order valence-electron chi connectivity index (χ1n) is 5.69. The van der Waals surface area contributed by atoms with Gasteiger partial charge in [0.1, 0.15) is 0 Å². The Morgan fingerprint density at radius 3 is 2.83 bits per heavy atom. The van der Waals surface area contributed by atoms with E-state index >= 15 is 0 Å². The van der Waals surface area contributed by atoms with Crippen LogP contribution >= 0.6 is 7.14 Å². The van der Waals surface area contributed by atoms with E-state index < -0.39 is 13.0 Å². The first-order valence-corrected chi connectivity index (χ1v) is 8.48. The summed E-state index contributed by atoms with van der Waals surface area (Å²) in [7, 11) is -2.19. The molecule has 0 aromatic heterocycles. The molecule has 6 heteroatoms. The molecule has 0 spiro atoms. The van der Waals surface area contributed by atoms with E-state index in [1.54, 1.807) is 25.5 Å². The molecule has 5 nitrogen and oxygen atoms in total. The van der Waals surface area contributed by atoms with Crippen LogP contribution < -0.4 is 5.32 Å². The monoisotopic (exact) mass is 270 g/mol. The van der Waals surface area contributed by atoms with Gasteiger partial charge in [-0.1, -0.05) is 24.3 Å². The number of carbonyl (C=O) groups is 1. The van der Waals surface area contributed by atoms with Crippen LogP contribution in [0.15, 0.2) is 36.1 Å². The predicted molar refractivity (Wildman–Crippen MR) is 71.9 cm³/mol. The van der Waals surface area contributed by atoms with Crippen molar-refractivity contribution in [1.29, 1.82) is 0 Å². The highest BCUT2D eigenvalue weighted by molar-refractivity contribution is 7.62. The normalized spacial score (nSPS) is 15.2. The molecular weight excluding hydrogens is 251 g/mol. The minimum absolute atomic E-state index is 0.0348. The first-order chi connectivity index (χ1) is 8.40. The average Bonchev–Trinajstić information content (AvgIpc) is 2.54. The van der Waals surface area contributed by atoms with Gasteiger partial charge in [0.2, 0.25) is 0 Å². The molecule has 100 valence electrons. The second-order valence-electron chi connectivity index (χ2n) is 4.54. The second-order valence-corrected chi connectivity index (χ2v) is 8.00. The number of nitrogens with one attached hydrogen (secondary N) is 1. The van der Waals surface area contributed by atoms with Crippen molar-refractivity contribution < 1.29 is 14.6 Å². The molecule has 0 atom stereocenters. The largest absolute Gasteiger partial charge is 0.323 e. The predicted octanol–water partition coefficient (Wildman–Crippen LogP) is 1.77. The fraction of sp³-hybridized carbons (Fsp3) is 0.417. The van der Waals surface area contributed by atoms with Crippen LogP contribution in [-0.4, -0.2) is 42.3 Å². The summed E-state index contributed by atoms with van der Waals surface area (Å²) in [5, 5.41) is 13.2. The molecule has 1 aliphatic rings. The number of nitrogens with zero attached hydrogens (tertiary/aromatic N) is 1. The zero-order chi connectivity index (χ0) is 13.6. The van der Waals surface area contributed by atoms with Gasteiger partial charge in [0, 0.05) is 12.7 Å². The highest BCUT2D eigenvalue weighted by Crippen LogP contribution is 2.33. The minimum atomic E-state index is -2.19. The van der Waals surface area contributed by atoms with E-state index in [1.165, 1.54) is 0 Å². The van der Waals surface area contributed by atoms with Crippen LogP contribution in [0.1, 0.15) is 6.42 Å². The van der Waals surface area contributed by atoms with E-state index in [9.17, 15) is 14.6 Å². The van der Waals surface area contributed by atoms with Crippen LogP contribution in [0.4, 0.5) is 0 Å². The molecule has 1 amide bonds. The van der Waals surface area contributed by atoms with Crippen LogP contribution in [-0.2, 0) is 9.36 Å². The van der Waals surface area contributed by atoms with Crippen LogP contribution in [0.3, 0.4) is 0 Å². The standard InChI is InChI=1S/C12H19N2O3P/c1-18(2,17)10-13-9-12(15)14(16)11-7-5-3-4-6-8-11/h3-7,13,16H,8-10H2,1-2H3. The number of hydrogen-bond donors (Lipinski definition) is 2. The SMILES string of the molecule is CP(C)(=O)CNCC(=O)N(O)C1=CC=CC=CC1. The molecule has 0 aromatic carbocycles. The molecule has 0 bridgehead atoms. The number of carbonyl (C=O) groups excluding carboxylic acids is 1. The van der Waals surface area contributed by atoms with Gasteiger partial charge in [0.05, 0.1) is 19.4 Å². The lowest BCUT2D eigenvalue weighted by molar-refractivity contribution is -0.156. The Hall–Kier alpha value is -1.16. The maximum atomic E-state index is 11.7. The maximum absolute atomic E-state index is 11.7. The van der Waals surface area contributed by atoms with Gasteiger partial charge in [-0.3, -0.25) is 10.0 Å². The van der Waals surface area contributed by atoms with Crippen molar-refractivity contribution in [1.82, 2.24) is 10.4 Å². The van der Waals surface area contributed by atoms with Gasteiger partial charge in [-0.25, -0.2) is 0 Å². The highest BCUT2D eigenvalue weighted by atomic mass is 31.2. The summed E-state index contributed by atoms with van der Waals surface area (Å²) >= 11 is 0. The van der Waals surface area contributed by atoms with E-state index in [1.807, 2.05) is 18.2 Å². The third kappa shape index (κ3) is 5.45. The van der Waals surface area contributed by atoms with Gasteiger partial charge < -0.3 is 9.88 Å². The van der Waals surface area contributed by atoms with Crippen molar-refractivity contribution >= 4 is 13.0 Å². The second kappa shape index (κ2) is 6.69. The van der Waals surface area contributed by atoms with Crippen molar-refractivity contribution in [2.24, 2.45) is 0 Å². The third-order valence-electron chi connectivity index (χ3n) is 2.25. The Kier molecular flexibility index (Phi) is 5.54. The quantitative estimate of drug-likeness (QED) is 0.454. The Bertz CT molecular complexity index is 435. The molecule has 0 aliphatic heterocycles. The van der Waals surface area contributed by atoms with Gasteiger partial charge in [-0.15, -0.1) is 0 Å². The topological polar surface area (TPSA) is 69.6 Å². The highest BCUT2D eigenvalue weighted by Gasteiger charge is 2.15. The minimum Gasteiger partial charge on any atom is -0.323 e. The lowest BCUT2D eigenvalue weighted by Crippen LogP contribution is -2.35. The van der Waals surface area contributed by atoms with Gasteiger partial charge in [-0.05, 0) is 19.4 Å². The summed E-state index contributed by atoms with van der Waals surface area (Å²) in [6.45, 7) is 3.25. The molecule has 0 heterocycles. The summed E-state index contributed by atoms with van der Waals surface area (Å²) in [5.41, 5.74) is 0.517. The molecule has 18 heavy (non-hydrogen) atoms. The molecule has 0 radical (unpaired) electrons. The lowest BCUT2D eigenvalue weighted by Gasteiger charge is -2.17. The molecular formula is C12H19N2O3P.